The van der Waals surface area contributed by atoms with Gasteiger partial charge in [0.1, 0.15) is 0 Å². The summed E-state index contributed by atoms with van der Waals surface area (Å²) >= 11 is 0. The Morgan fingerprint density at radius 1 is 0.964 bits per heavy atom. The third kappa shape index (κ3) is 3.62. The summed E-state index contributed by atoms with van der Waals surface area (Å²) in [5, 5.41) is 4.52. The predicted molar refractivity (Wildman–Crippen MR) is 110 cm³/mol. The molecule has 0 bridgehead atoms. The molecule has 0 radical (unpaired) electrons. The van der Waals surface area contributed by atoms with Gasteiger partial charge >= 0.3 is 0 Å². The van der Waals surface area contributed by atoms with E-state index in [-0.39, 0.29) is 0 Å². The molecule has 28 heavy (non-hydrogen) atoms. The van der Waals surface area contributed by atoms with E-state index < -0.39 is 0 Å². The molecule has 146 valence electrons. The van der Waals surface area contributed by atoms with Crippen LogP contribution in [-0.2, 0) is 13.6 Å². The van der Waals surface area contributed by atoms with Gasteiger partial charge in [-0.1, -0.05) is 6.07 Å². The van der Waals surface area contributed by atoms with Crippen molar-refractivity contribution in [2.24, 2.45) is 7.05 Å². The first-order valence-electron chi connectivity index (χ1n) is 9.74. The second-order valence-electron chi connectivity index (χ2n) is 7.44. The number of piperazine rings is 1. The molecule has 1 aliphatic rings. The summed E-state index contributed by atoms with van der Waals surface area (Å²) in [6.45, 7) is 10.9. The van der Waals surface area contributed by atoms with Gasteiger partial charge in [0.2, 0.25) is 5.95 Å². The molecule has 0 aliphatic carbocycles. The normalized spacial score (nSPS) is 15.2. The van der Waals surface area contributed by atoms with Crippen molar-refractivity contribution in [2.45, 2.75) is 27.3 Å². The van der Waals surface area contributed by atoms with Crippen molar-refractivity contribution in [3.05, 3.63) is 53.2 Å². The smallest absolute Gasteiger partial charge is 0.225 e. The Labute approximate surface area is 166 Å². The third-order valence-electron chi connectivity index (χ3n) is 5.55. The van der Waals surface area contributed by atoms with Crippen LogP contribution in [0, 0.1) is 20.8 Å². The van der Waals surface area contributed by atoms with Gasteiger partial charge in [-0.05, 0) is 38.5 Å². The summed E-state index contributed by atoms with van der Waals surface area (Å²) in [5.41, 5.74) is 6.59. The zero-order chi connectivity index (χ0) is 19.7. The quantitative estimate of drug-likeness (QED) is 0.696. The maximum absolute atomic E-state index is 4.86. The maximum atomic E-state index is 4.86. The molecule has 0 saturated carbocycles. The highest BCUT2D eigenvalue weighted by Crippen LogP contribution is 2.26. The first kappa shape index (κ1) is 18.6. The summed E-state index contributed by atoms with van der Waals surface area (Å²) in [6.07, 6.45) is 3.73. The summed E-state index contributed by atoms with van der Waals surface area (Å²) < 4.78 is 1.91. The predicted octanol–water partition coefficient (Wildman–Crippen LogP) is 2.52. The lowest BCUT2D eigenvalue weighted by molar-refractivity contribution is 0.245. The topological polar surface area (TPSA) is 63.0 Å². The van der Waals surface area contributed by atoms with Crippen molar-refractivity contribution in [3.63, 3.8) is 0 Å². The Morgan fingerprint density at radius 2 is 1.75 bits per heavy atom. The highest BCUT2D eigenvalue weighted by molar-refractivity contribution is 5.65. The first-order chi connectivity index (χ1) is 13.5. The highest BCUT2D eigenvalue weighted by atomic mass is 15.3. The molecule has 1 saturated heterocycles. The van der Waals surface area contributed by atoms with Gasteiger partial charge < -0.3 is 4.90 Å². The van der Waals surface area contributed by atoms with Crippen LogP contribution in [0.4, 0.5) is 5.95 Å². The number of nitrogens with zero attached hydrogens (tertiary/aromatic N) is 7. The zero-order valence-corrected chi connectivity index (χ0v) is 17.1. The molecule has 0 N–H and O–H groups in total. The van der Waals surface area contributed by atoms with E-state index in [1.54, 1.807) is 0 Å². The lowest BCUT2D eigenvalue weighted by atomic mass is 10.1. The fourth-order valence-corrected chi connectivity index (χ4v) is 3.79. The van der Waals surface area contributed by atoms with Crippen LogP contribution in [0.25, 0.3) is 11.3 Å². The van der Waals surface area contributed by atoms with Crippen molar-refractivity contribution in [3.8, 4) is 11.3 Å². The number of hydrogen-bond donors (Lipinski definition) is 0. The van der Waals surface area contributed by atoms with Gasteiger partial charge in [-0.15, -0.1) is 0 Å². The monoisotopic (exact) mass is 377 g/mol. The Balaban J connectivity index is 1.46. The molecule has 0 amide bonds. The van der Waals surface area contributed by atoms with Crippen LogP contribution in [0.15, 0.2) is 30.6 Å². The fourth-order valence-electron chi connectivity index (χ4n) is 3.79. The van der Waals surface area contributed by atoms with Crippen LogP contribution < -0.4 is 4.90 Å². The highest BCUT2D eigenvalue weighted by Gasteiger charge is 2.21. The second-order valence-corrected chi connectivity index (χ2v) is 7.44. The Morgan fingerprint density at radius 3 is 2.43 bits per heavy atom. The standard InChI is InChI=1S/C21H27N7/c1-15-6-5-8-22-19(15)14-27-10-12-28(13-11-27)21-23-9-7-18(24-21)20-16(2)25-26(4)17(20)3/h5-9H,10-14H2,1-4H3. The van der Waals surface area contributed by atoms with E-state index in [4.69, 9.17) is 4.98 Å². The number of hydrogen-bond acceptors (Lipinski definition) is 6. The van der Waals surface area contributed by atoms with E-state index in [0.29, 0.717) is 0 Å². The zero-order valence-electron chi connectivity index (χ0n) is 17.1. The van der Waals surface area contributed by atoms with E-state index in [1.807, 2.05) is 43.2 Å². The molecule has 4 rings (SSSR count). The Bertz CT molecular complexity index is 971. The molecule has 0 spiro atoms. The number of pyridine rings is 1. The van der Waals surface area contributed by atoms with E-state index >= 15 is 0 Å². The van der Waals surface area contributed by atoms with Crippen LogP contribution in [0.5, 0.6) is 0 Å². The van der Waals surface area contributed by atoms with Crippen LogP contribution in [0.3, 0.4) is 0 Å². The molecule has 0 atom stereocenters. The molecule has 0 aromatic carbocycles. The van der Waals surface area contributed by atoms with Crippen LogP contribution >= 0.6 is 0 Å². The fraction of sp³-hybridized carbons (Fsp3) is 0.429. The number of anilines is 1. The van der Waals surface area contributed by atoms with Gasteiger partial charge in [-0.2, -0.15) is 5.10 Å². The van der Waals surface area contributed by atoms with Gasteiger partial charge in [0.25, 0.3) is 0 Å². The van der Waals surface area contributed by atoms with Crippen LogP contribution in [0.1, 0.15) is 22.6 Å². The molecule has 3 aromatic heterocycles. The van der Waals surface area contributed by atoms with Crippen molar-refractivity contribution >= 4 is 5.95 Å². The molecular weight excluding hydrogens is 350 g/mol. The molecule has 1 fully saturated rings. The van der Waals surface area contributed by atoms with Crippen molar-refractivity contribution in [1.82, 2.24) is 29.6 Å². The third-order valence-corrected chi connectivity index (χ3v) is 5.55. The van der Waals surface area contributed by atoms with E-state index in [9.17, 15) is 0 Å². The van der Waals surface area contributed by atoms with E-state index in [0.717, 1.165) is 67.0 Å². The molecule has 0 unspecified atom stereocenters. The molecular formula is C21H27N7. The Kier molecular flexibility index (Phi) is 5.09. The molecule has 7 heteroatoms. The number of aryl methyl sites for hydroxylation is 3. The summed E-state index contributed by atoms with van der Waals surface area (Å²) in [6, 6.07) is 6.09. The average molecular weight is 377 g/mol. The van der Waals surface area contributed by atoms with E-state index in [1.165, 1.54) is 5.56 Å². The summed E-state index contributed by atoms with van der Waals surface area (Å²) in [5.74, 6) is 0.800. The molecule has 7 nitrogen and oxygen atoms in total. The van der Waals surface area contributed by atoms with Crippen LogP contribution in [-0.4, -0.2) is 55.8 Å². The minimum atomic E-state index is 0.800. The maximum Gasteiger partial charge on any atom is 0.225 e. The summed E-state index contributed by atoms with van der Waals surface area (Å²) in [7, 11) is 1.97. The van der Waals surface area contributed by atoms with Crippen molar-refractivity contribution < 1.29 is 0 Å². The van der Waals surface area contributed by atoms with Crippen molar-refractivity contribution in [1.29, 1.82) is 0 Å². The Hall–Kier alpha value is -2.80. The second kappa shape index (κ2) is 7.67. The van der Waals surface area contributed by atoms with Gasteiger partial charge in [-0.25, -0.2) is 9.97 Å². The van der Waals surface area contributed by atoms with Crippen molar-refractivity contribution in [2.75, 3.05) is 31.1 Å². The molecule has 4 heterocycles. The lowest BCUT2D eigenvalue weighted by Crippen LogP contribution is -2.46. The first-order valence-corrected chi connectivity index (χ1v) is 9.74. The van der Waals surface area contributed by atoms with Gasteiger partial charge in [0.05, 0.1) is 17.1 Å². The number of rotatable bonds is 4. The molecule has 3 aromatic rings. The van der Waals surface area contributed by atoms with Gasteiger partial charge in [0.15, 0.2) is 0 Å². The van der Waals surface area contributed by atoms with Gasteiger partial charge in [-0.3, -0.25) is 14.6 Å². The lowest BCUT2D eigenvalue weighted by Gasteiger charge is -2.34. The minimum Gasteiger partial charge on any atom is -0.338 e. The largest absolute Gasteiger partial charge is 0.338 e. The minimum absolute atomic E-state index is 0.800. The summed E-state index contributed by atoms with van der Waals surface area (Å²) in [4.78, 5) is 18.6. The number of aromatic nitrogens is 5. The molecule has 1 aliphatic heterocycles. The van der Waals surface area contributed by atoms with E-state index in [2.05, 4.69) is 44.8 Å². The SMILES string of the molecule is Cc1cccnc1CN1CCN(c2nccc(-c3c(C)nn(C)c3C)n2)CC1. The van der Waals surface area contributed by atoms with Gasteiger partial charge in [0, 0.05) is 63.4 Å². The average Bonchev–Trinajstić information content (AvgIpc) is 2.96. The van der Waals surface area contributed by atoms with Crippen LogP contribution in [0.2, 0.25) is 0 Å².